The lowest BCUT2D eigenvalue weighted by Crippen LogP contribution is -2.11. The van der Waals surface area contributed by atoms with E-state index in [1.807, 2.05) is 55.5 Å². The molecule has 156 valence electrons. The van der Waals surface area contributed by atoms with Gasteiger partial charge in [-0.05, 0) is 62.4 Å². The van der Waals surface area contributed by atoms with Crippen LogP contribution in [0.25, 0.3) is 11.3 Å². The van der Waals surface area contributed by atoms with Crippen LogP contribution in [-0.2, 0) is 0 Å². The summed E-state index contributed by atoms with van der Waals surface area (Å²) in [5, 5.41) is 3.95. The van der Waals surface area contributed by atoms with Crippen LogP contribution in [0, 0.1) is 13.8 Å². The number of anilines is 1. The number of hydrogen-bond donors (Lipinski definition) is 1. The number of nitrogens with one attached hydrogen (secondary N) is 1. The van der Waals surface area contributed by atoms with E-state index in [1.54, 1.807) is 42.7 Å². The van der Waals surface area contributed by atoms with Crippen LogP contribution in [0.1, 0.15) is 20.2 Å². The van der Waals surface area contributed by atoms with Crippen molar-refractivity contribution >= 4 is 22.9 Å². The molecule has 0 bridgehead atoms. The summed E-state index contributed by atoms with van der Waals surface area (Å²) in [5.41, 5.74) is 3.26. The first-order valence-corrected chi connectivity index (χ1v) is 10.6. The number of hydrogen-bond acceptors (Lipinski definition) is 5. The summed E-state index contributed by atoms with van der Waals surface area (Å²) in [6.45, 7) is 4.05. The molecule has 0 aliphatic rings. The Balaban J connectivity index is 1.42. The Labute approximate surface area is 185 Å². The molecule has 5 nitrogen and oxygen atoms in total. The van der Waals surface area contributed by atoms with Crippen molar-refractivity contribution in [1.82, 2.24) is 4.98 Å². The quantitative estimate of drug-likeness (QED) is 0.380. The molecule has 0 saturated carbocycles. The first-order valence-electron chi connectivity index (χ1n) is 9.80. The maximum atomic E-state index is 12.6. The van der Waals surface area contributed by atoms with Gasteiger partial charge in [-0.15, -0.1) is 11.3 Å². The average Bonchev–Trinajstić information content (AvgIpc) is 3.13. The van der Waals surface area contributed by atoms with Crippen molar-refractivity contribution in [3.05, 3.63) is 88.2 Å². The summed E-state index contributed by atoms with van der Waals surface area (Å²) in [7, 11) is 1.60. The van der Waals surface area contributed by atoms with Crippen LogP contribution >= 0.6 is 11.3 Å². The smallest absolute Gasteiger partial charge is 0.255 e. The molecule has 4 rings (SSSR count). The SMILES string of the molecule is COc1ccccc1Oc1ccc(NC(=O)c2ccc(-c3nc(C)sc3C)cc2)cc1. The van der Waals surface area contributed by atoms with Crippen molar-refractivity contribution in [3.8, 4) is 28.5 Å². The molecule has 3 aromatic carbocycles. The molecule has 0 atom stereocenters. The second-order valence-electron chi connectivity index (χ2n) is 6.95. The Morgan fingerprint density at radius 2 is 1.58 bits per heavy atom. The van der Waals surface area contributed by atoms with Crippen LogP contribution < -0.4 is 14.8 Å². The van der Waals surface area contributed by atoms with Crippen LogP contribution in [0.3, 0.4) is 0 Å². The normalized spacial score (nSPS) is 10.5. The predicted molar refractivity (Wildman–Crippen MR) is 124 cm³/mol. The largest absolute Gasteiger partial charge is 0.493 e. The van der Waals surface area contributed by atoms with Crippen molar-refractivity contribution in [1.29, 1.82) is 0 Å². The lowest BCUT2D eigenvalue weighted by atomic mass is 10.1. The number of methoxy groups -OCH3 is 1. The molecule has 0 fully saturated rings. The lowest BCUT2D eigenvalue weighted by molar-refractivity contribution is 0.102. The fraction of sp³-hybridized carbons (Fsp3) is 0.120. The minimum atomic E-state index is -0.170. The standard InChI is InChI=1S/C25H22N2O3S/c1-16-24(26-17(2)31-16)18-8-10-19(11-9-18)25(28)27-20-12-14-21(15-13-20)30-23-7-5-4-6-22(23)29-3/h4-15H,1-3H3,(H,27,28). The monoisotopic (exact) mass is 430 g/mol. The molecular weight excluding hydrogens is 408 g/mol. The maximum Gasteiger partial charge on any atom is 0.255 e. The molecule has 0 spiro atoms. The van der Waals surface area contributed by atoms with Crippen LogP contribution in [0.15, 0.2) is 72.8 Å². The molecule has 1 heterocycles. The van der Waals surface area contributed by atoms with Gasteiger partial charge in [-0.25, -0.2) is 4.98 Å². The van der Waals surface area contributed by atoms with Gasteiger partial charge in [0.1, 0.15) is 5.75 Å². The van der Waals surface area contributed by atoms with Crippen molar-refractivity contribution in [2.45, 2.75) is 13.8 Å². The molecule has 0 saturated heterocycles. The van der Waals surface area contributed by atoms with Crippen molar-refractivity contribution < 1.29 is 14.3 Å². The molecule has 0 unspecified atom stereocenters. The second kappa shape index (κ2) is 9.02. The van der Waals surface area contributed by atoms with E-state index in [4.69, 9.17) is 9.47 Å². The third-order valence-electron chi connectivity index (χ3n) is 4.73. The number of nitrogens with zero attached hydrogens (tertiary/aromatic N) is 1. The minimum absolute atomic E-state index is 0.170. The van der Waals surface area contributed by atoms with Crippen molar-refractivity contribution in [3.63, 3.8) is 0 Å². The van der Waals surface area contributed by atoms with E-state index in [9.17, 15) is 4.79 Å². The highest BCUT2D eigenvalue weighted by Gasteiger charge is 2.11. The van der Waals surface area contributed by atoms with Crippen LogP contribution in [0.5, 0.6) is 17.2 Å². The fourth-order valence-electron chi connectivity index (χ4n) is 3.22. The number of carbonyl (C=O) groups is 1. The molecule has 1 aromatic heterocycles. The fourth-order valence-corrected chi connectivity index (χ4v) is 4.06. The molecule has 6 heteroatoms. The van der Waals surface area contributed by atoms with Gasteiger partial charge in [0.15, 0.2) is 11.5 Å². The van der Waals surface area contributed by atoms with E-state index < -0.39 is 0 Å². The first-order chi connectivity index (χ1) is 15.0. The van der Waals surface area contributed by atoms with E-state index in [0.29, 0.717) is 28.5 Å². The zero-order valence-corrected chi connectivity index (χ0v) is 18.3. The highest BCUT2D eigenvalue weighted by atomic mass is 32.1. The number of para-hydroxylation sites is 2. The minimum Gasteiger partial charge on any atom is -0.493 e. The molecule has 1 N–H and O–H groups in total. The van der Waals surface area contributed by atoms with Gasteiger partial charge in [0, 0.05) is 21.7 Å². The number of aromatic nitrogens is 1. The highest BCUT2D eigenvalue weighted by molar-refractivity contribution is 7.11. The number of thiazole rings is 1. The van der Waals surface area contributed by atoms with E-state index in [-0.39, 0.29) is 5.91 Å². The summed E-state index contributed by atoms with van der Waals surface area (Å²) in [6.07, 6.45) is 0. The van der Waals surface area contributed by atoms with Gasteiger partial charge in [-0.1, -0.05) is 24.3 Å². The molecular formula is C25H22N2O3S. The molecule has 0 aliphatic heterocycles. The predicted octanol–water partition coefficient (Wildman–Crippen LogP) is 6.48. The highest BCUT2D eigenvalue weighted by Crippen LogP contribution is 2.31. The Bertz CT molecular complexity index is 1200. The van der Waals surface area contributed by atoms with E-state index in [2.05, 4.69) is 17.2 Å². The van der Waals surface area contributed by atoms with E-state index >= 15 is 0 Å². The maximum absolute atomic E-state index is 12.6. The number of benzene rings is 3. The summed E-state index contributed by atoms with van der Waals surface area (Å²) < 4.78 is 11.2. The summed E-state index contributed by atoms with van der Waals surface area (Å²) in [6, 6.07) is 22.2. The van der Waals surface area contributed by atoms with Gasteiger partial charge in [0.25, 0.3) is 5.91 Å². The molecule has 31 heavy (non-hydrogen) atoms. The molecule has 1 amide bonds. The topological polar surface area (TPSA) is 60.5 Å². The number of ether oxygens (including phenoxy) is 2. The molecule has 0 aliphatic carbocycles. The van der Waals surface area contributed by atoms with Crippen molar-refractivity contribution in [2.75, 3.05) is 12.4 Å². The summed E-state index contributed by atoms with van der Waals surface area (Å²) in [4.78, 5) is 18.4. The van der Waals surface area contributed by atoms with Crippen LogP contribution in [0.4, 0.5) is 5.69 Å². The number of amides is 1. The Morgan fingerprint density at radius 3 is 2.19 bits per heavy atom. The summed E-state index contributed by atoms with van der Waals surface area (Å²) >= 11 is 1.67. The Kier molecular flexibility index (Phi) is 6.00. The Hall–Kier alpha value is -3.64. The van der Waals surface area contributed by atoms with Crippen LogP contribution in [-0.4, -0.2) is 18.0 Å². The summed E-state index contributed by atoms with van der Waals surface area (Å²) in [5.74, 6) is 1.77. The number of carbonyl (C=O) groups excluding carboxylic acids is 1. The number of rotatable bonds is 6. The third kappa shape index (κ3) is 4.75. The van der Waals surface area contributed by atoms with Gasteiger partial charge in [-0.3, -0.25) is 4.79 Å². The van der Waals surface area contributed by atoms with Gasteiger partial charge < -0.3 is 14.8 Å². The van der Waals surface area contributed by atoms with Gasteiger partial charge in [0.05, 0.1) is 17.8 Å². The number of aryl methyl sites for hydroxylation is 2. The Morgan fingerprint density at radius 1 is 0.903 bits per heavy atom. The molecule has 0 radical (unpaired) electrons. The second-order valence-corrected chi connectivity index (χ2v) is 8.35. The van der Waals surface area contributed by atoms with Gasteiger partial charge in [0.2, 0.25) is 0 Å². The van der Waals surface area contributed by atoms with Gasteiger partial charge in [-0.2, -0.15) is 0 Å². The van der Waals surface area contributed by atoms with Gasteiger partial charge >= 0.3 is 0 Å². The lowest BCUT2D eigenvalue weighted by Gasteiger charge is -2.11. The zero-order chi connectivity index (χ0) is 21.8. The van der Waals surface area contributed by atoms with Crippen LogP contribution in [0.2, 0.25) is 0 Å². The zero-order valence-electron chi connectivity index (χ0n) is 17.5. The van der Waals surface area contributed by atoms with E-state index in [0.717, 1.165) is 16.3 Å². The third-order valence-corrected chi connectivity index (χ3v) is 5.62. The average molecular weight is 431 g/mol. The molecule has 4 aromatic rings. The first kappa shape index (κ1) is 20.6. The van der Waals surface area contributed by atoms with E-state index in [1.165, 1.54) is 4.88 Å². The van der Waals surface area contributed by atoms with Crippen molar-refractivity contribution in [2.24, 2.45) is 0 Å².